The first-order valence-electron chi connectivity index (χ1n) is 5.68. The molecule has 0 aliphatic carbocycles. The van der Waals surface area contributed by atoms with Gasteiger partial charge < -0.3 is 4.79 Å². The van der Waals surface area contributed by atoms with Crippen LogP contribution in [0.1, 0.15) is 25.3 Å². The van der Waals surface area contributed by atoms with Gasteiger partial charge in [-0.1, -0.05) is 44.2 Å². The van der Waals surface area contributed by atoms with Gasteiger partial charge in [-0.3, -0.25) is 10.1 Å². The summed E-state index contributed by atoms with van der Waals surface area (Å²) in [7, 11) is 0. The Morgan fingerprint density at radius 3 is 2.29 bits per heavy atom. The fraction of sp³-hybridized carbons (Fsp3) is 0.462. The molecule has 17 heavy (non-hydrogen) atoms. The zero-order chi connectivity index (χ0) is 12.8. The van der Waals surface area contributed by atoms with Gasteiger partial charge in [0.1, 0.15) is 6.29 Å². The first-order valence-corrected chi connectivity index (χ1v) is 5.68. The van der Waals surface area contributed by atoms with Gasteiger partial charge in [0, 0.05) is 10.8 Å². The average molecular weight is 235 g/mol. The lowest BCUT2D eigenvalue weighted by molar-refractivity contribution is -0.484. The zero-order valence-corrected chi connectivity index (χ0v) is 10.1. The second kappa shape index (κ2) is 6.13. The number of aldehydes is 1. The standard InChI is InChI=1S/C13H17NO3/c1-10(2)13(9-15)12(8-14(16)17)11-6-4-3-5-7-11/h3-7,9-10,12-13H,8H2,1-2H3/t12-,13?/m0/s1. The van der Waals surface area contributed by atoms with Gasteiger partial charge in [0.25, 0.3) is 0 Å². The maximum atomic E-state index is 11.1. The third kappa shape index (κ3) is 3.66. The van der Waals surface area contributed by atoms with Crippen LogP contribution in [0, 0.1) is 22.0 Å². The van der Waals surface area contributed by atoms with Crippen LogP contribution in [-0.4, -0.2) is 17.8 Å². The number of carbonyl (C=O) groups excluding carboxylic acids is 1. The third-order valence-electron chi connectivity index (χ3n) is 2.97. The summed E-state index contributed by atoms with van der Waals surface area (Å²) in [6, 6.07) is 9.22. The van der Waals surface area contributed by atoms with Crippen LogP contribution in [0.5, 0.6) is 0 Å². The van der Waals surface area contributed by atoms with Crippen LogP contribution in [0.25, 0.3) is 0 Å². The fourth-order valence-electron chi connectivity index (χ4n) is 2.03. The highest BCUT2D eigenvalue weighted by Crippen LogP contribution is 2.29. The van der Waals surface area contributed by atoms with E-state index in [1.54, 1.807) is 0 Å². The Morgan fingerprint density at radius 2 is 1.88 bits per heavy atom. The van der Waals surface area contributed by atoms with Crippen LogP contribution < -0.4 is 0 Å². The molecular formula is C13H17NO3. The molecule has 92 valence electrons. The van der Waals surface area contributed by atoms with E-state index in [1.807, 2.05) is 44.2 Å². The molecule has 0 saturated heterocycles. The number of hydrogen-bond donors (Lipinski definition) is 0. The van der Waals surface area contributed by atoms with Gasteiger partial charge in [0.05, 0.1) is 5.92 Å². The van der Waals surface area contributed by atoms with Gasteiger partial charge in [-0.25, -0.2) is 0 Å². The van der Waals surface area contributed by atoms with E-state index in [4.69, 9.17) is 0 Å². The van der Waals surface area contributed by atoms with Crippen molar-refractivity contribution in [2.75, 3.05) is 6.54 Å². The number of rotatable bonds is 6. The lowest BCUT2D eigenvalue weighted by Gasteiger charge is -2.22. The summed E-state index contributed by atoms with van der Waals surface area (Å²) in [6.45, 7) is 3.62. The van der Waals surface area contributed by atoms with Crippen molar-refractivity contribution < 1.29 is 9.72 Å². The molecule has 4 nitrogen and oxygen atoms in total. The fourth-order valence-corrected chi connectivity index (χ4v) is 2.03. The topological polar surface area (TPSA) is 60.2 Å². The van der Waals surface area contributed by atoms with Crippen molar-refractivity contribution in [3.63, 3.8) is 0 Å². The summed E-state index contributed by atoms with van der Waals surface area (Å²) in [4.78, 5) is 21.5. The molecule has 2 atom stereocenters. The molecule has 1 aromatic carbocycles. The minimum atomic E-state index is -0.351. The molecular weight excluding hydrogens is 218 g/mol. The maximum absolute atomic E-state index is 11.1. The highest BCUT2D eigenvalue weighted by molar-refractivity contribution is 5.56. The average Bonchev–Trinajstić information content (AvgIpc) is 2.29. The Hall–Kier alpha value is -1.71. The maximum Gasteiger partial charge on any atom is 0.211 e. The van der Waals surface area contributed by atoms with E-state index >= 15 is 0 Å². The molecule has 0 saturated carbocycles. The number of benzene rings is 1. The Balaban J connectivity index is 3.02. The third-order valence-corrected chi connectivity index (χ3v) is 2.97. The summed E-state index contributed by atoms with van der Waals surface area (Å²) in [5, 5.41) is 10.7. The Labute approximate surface area is 101 Å². The van der Waals surface area contributed by atoms with E-state index in [0.717, 1.165) is 11.8 Å². The first kappa shape index (κ1) is 13.4. The summed E-state index contributed by atoms with van der Waals surface area (Å²) >= 11 is 0. The van der Waals surface area contributed by atoms with Crippen molar-refractivity contribution >= 4 is 6.29 Å². The van der Waals surface area contributed by atoms with Crippen molar-refractivity contribution in [3.8, 4) is 0 Å². The van der Waals surface area contributed by atoms with Gasteiger partial charge in [0.2, 0.25) is 6.54 Å². The predicted octanol–water partition coefficient (Wildman–Crippen LogP) is 2.52. The second-order valence-electron chi connectivity index (χ2n) is 4.49. The number of carbonyl (C=O) groups is 1. The van der Waals surface area contributed by atoms with Gasteiger partial charge in [-0.2, -0.15) is 0 Å². The van der Waals surface area contributed by atoms with Crippen molar-refractivity contribution in [1.29, 1.82) is 0 Å². The van der Waals surface area contributed by atoms with Crippen LogP contribution in [0.15, 0.2) is 30.3 Å². The highest BCUT2D eigenvalue weighted by atomic mass is 16.6. The quantitative estimate of drug-likeness (QED) is 0.432. The lowest BCUT2D eigenvalue weighted by Crippen LogP contribution is -2.26. The number of hydrogen-bond acceptors (Lipinski definition) is 3. The molecule has 1 aromatic rings. The minimum absolute atomic E-state index is 0.0951. The van der Waals surface area contributed by atoms with E-state index < -0.39 is 0 Å². The van der Waals surface area contributed by atoms with E-state index in [-0.39, 0.29) is 29.2 Å². The molecule has 0 aromatic heterocycles. The molecule has 0 aliphatic rings. The Bertz CT molecular complexity index is 376. The normalized spacial score (nSPS) is 14.3. The van der Waals surface area contributed by atoms with Gasteiger partial charge in [-0.15, -0.1) is 0 Å². The van der Waals surface area contributed by atoms with Gasteiger partial charge in [-0.05, 0) is 11.5 Å². The monoisotopic (exact) mass is 235 g/mol. The SMILES string of the molecule is CC(C)C(C=O)[C@@H](C[N+](=O)[O-])c1ccccc1. The van der Waals surface area contributed by atoms with Crippen LogP contribution in [0.4, 0.5) is 0 Å². The molecule has 0 radical (unpaired) electrons. The smallest absolute Gasteiger partial charge is 0.211 e. The molecule has 1 rings (SSSR count). The van der Waals surface area contributed by atoms with Crippen LogP contribution in [0.2, 0.25) is 0 Å². The van der Waals surface area contributed by atoms with Crippen molar-refractivity contribution in [2.45, 2.75) is 19.8 Å². The predicted molar refractivity (Wildman–Crippen MR) is 65.4 cm³/mol. The summed E-state index contributed by atoms with van der Waals surface area (Å²) in [6.07, 6.45) is 0.839. The molecule has 0 amide bonds. The molecule has 0 N–H and O–H groups in total. The first-order chi connectivity index (χ1) is 8.06. The molecule has 0 bridgehead atoms. The Morgan fingerprint density at radius 1 is 1.29 bits per heavy atom. The van der Waals surface area contributed by atoms with E-state index in [0.29, 0.717) is 0 Å². The zero-order valence-electron chi connectivity index (χ0n) is 10.1. The largest absolute Gasteiger partial charge is 0.303 e. The van der Waals surface area contributed by atoms with Crippen LogP contribution in [-0.2, 0) is 4.79 Å². The number of nitrogens with zero attached hydrogens (tertiary/aromatic N) is 1. The van der Waals surface area contributed by atoms with Gasteiger partial charge in [0.15, 0.2) is 0 Å². The summed E-state index contributed by atoms with van der Waals surface area (Å²) in [5.74, 6) is -0.566. The van der Waals surface area contributed by atoms with Crippen molar-refractivity contribution in [2.24, 2.45) is 11.8 Å². The van der Waals surface area contributed by atoms with Crippen molar-refractivity contribution in [1.82, 2.24) is 0 Å². The molecule has 0 spiro atoms. The summed E-state index contributed by atoms with van der Waals surface area (Å²) < 4.78 is 0. The van der Waals surface area contributed by atoms with Crippen molar-refractivity contribution in [3.05, 3.63) is 46.0 Å². The van der Waals surface area contributed by atoms with E-state index in [1.165, 1.54) is 0 Å². The molecule has 0 aliphatic heterocycles. The second-order valence-corrected chi connectivity index (χ2v) is 4.49. The van der Waals surface area contributed by atoms with Gasteiger partial charge >= 0.3 is 0 Å². The van der Waals surface area contributed by atoms with Crippen LogP contribution in [0.3, 0.4) is 0 Å². The molecule has 0 fully saturated rings. The molecule has 0 heterocycles. The lowest BCUT2D eigenvalue weighted by atomic mass is 9.80. The van der Waals surface area contributed by atoms with E-state index in [2.05, 4.69) is 0 Å². The number of nitro groups is 1. The van der Waals surface area contributed by atoms with E-state index in [9.17, 15) is 14.9 Å². The Kier molecular flexibility index (Phi) is 4.82. The minimum Gasteiger partial charge on any atom is -0.303 e. The molecule has 1 unspecified atom stereocenters. The summed E-state index contributed by atoms with van der Waals surface area (Å²) in [5.41, 5.74) is 0.856. The van der Waals surface area contributed by atoms with Crippen LogP contribution >= 0.6 is 0 Å². The highest BCUT2D eigenvalue weighted by Gasteiger charge is 2.29. The molecule has 4 heteroatoms.